The first-order valence-electron chi connectivity index (χ1n) is 8.10. The molecule has 110 valence electrons. The molecular formula is C17H27N3. The molecule has 2 N–H and O–H groups in total. The van der Waals surface area contributed by atoms with Gasteiger partial charge in [-0.15, -0.1) is 0 Å². The molecule has 3 rings (SSSR count). The smallest absolute Gasteiger partial charge is 0.0235 e. The normalized spacial score (nSPS) is 24.6. The maximum absolute atomic E-state index is 5.82. The first-order chi connectivity index (χ1) is 9.86. The third kappa shape index (κ3) is 3.22. The molecule has 1 aromatic rings. The van der Waals surface area contributed by atoms with E-state index in [1.807, 2.05) is 0 Å². The van der Waals surface area contributed by atoms with Crippen molar-refractivity contribution >= 4 is 0 Å². The summed E-state index contributed by atoms with van der Waals surface area (Å²) in [6, 6.07) is 9.43. The number of benzene rings is 1. The number of nitrogens with zero attached hydrogens (tertiary/aromatic N) is 2. The molecule has 2 aliphatic rings. The van der Waals surface area contributed by atoms with Crippen molar-refractivity contribution < 1.29 is 0 Å². The van der Waals surface area contributed by atoms with Gasteiger partial charge in [0.15, 0.2) is 0 Å². The maximum Gasteiger partial charge on any atom is 0.0235 e. The maximum atomic E-state index is 5.82. The number of rotatable bonds is 5. The summed E-state index contributed by atoms with van der Waals surface area (Å²) in [5.74, 6) is 0. The summed E-state index contributed by atoms with van der Waals surface area (Å²) in [5.41, 5.74) is 8.56. The van der Waals surface area contributed by atoms with Gasteiger partial charge < -0.3 is 10.6 Å². The van der Waals surface area contributed by atoms with Crippen LogP contribution in [0.2, 0.25) is 0 Å². The van der Waals surface area contributed by atoms with Gasteiger partial charge in [0.05, 0.1) is 0 Å². The Labute approximate surface area is 122 Å². The van der Waals surface area contributed by atoms with E-state index in [4.69, 9.17) is 5.73 Å². The lowest BCUT2D eigenvalue weighted by Gasteiger charge is -2.23. The summed E-state index contributed by atoms with van der Waals surface area (Å²) >= 11 is 0. The van der Waals surface area contributed by atoms with E-state index in [-0.39, 0.29) is 0 Å². The molecule has 2 aliphatic heterocycles. The third-order valence-electron chi connectivity index (χ3n) is 4.94. The lowest BCUT2D eigenvalue weighted by Crippen LogP contribution is -2.35. The van der Waals surface area contributed by atoms with Crippen molar-refractivity contribution in [1.29, 1.82) is 0 Å². The molecule has 0 amide bonds. The monoisotopic (exact) mass is 273 g/mol. The molecule has 0 aromatic heterocycles. The number of hydrogen-bond acceptors (Lipinski definition) is 3. The van der Waals surface area contributed by atoms with Gasteiger partial charge >= 0.3 is 0 Å². The predicted octanol–water partition coefficient (Wildman–Crippen LogP) is 1.86. The van der Waals surface area contributed by atoms with E-state index in [9.17, 15) is 0 Å². The number of likely N-dealkylation sites (tertiary alicyclic amines) is 2. The molecule has 20 heavy (non-hydrogen) atoms. The molecule has 1 atom stereocenters. The molecule has 2 saturated heterocycles. The quantitative estimate of drug-likeness (QED) is 0.889. The SMILES string of the molecule is NCc1ccccc1CCN1CCC(N2CCCC2)C1. The minimum Gasteiger partial charge on any atom is -0.326 e. The van der Waals surface area contributed by atoms with Gasteiger partial charge in [-0.25, -0.2) is 0 Å². The van der Waals surface area contributed by atoms with Crippen LogP contribution in [-0.4, -0.2) is 48.6 Å². The molecule has 0 bridgehead atoms. The van der Waals surface area contributed by atoms with E-state index in [0.717, 1.165) is 12.5 Å². The van der Waals surface area contributed by atoms with Crippen LogP contribution in [0.25, 0.3) is 0 Å². The van der Waals surface area contributed by atoms with Gasteiger partial charge in [0.1, 0.15) is 0 Å². The summed E-state index contributed by atoms with van der Waals surface area (Å²) in [6.45, 7) is 7.04. The van der Waals surface area contributed by atoms with Gasteiger partial charge in [0.2, 0.25) is 0 Å². The average molecular weight is 273 g/mol. The van der Waals surface area contributed by atoms with Crippen LogP contribution in [0.4, 0.5) is 0 Å². The Balaban J connectivity index is 1.49. The van der Waals surface area contributed by atoms with Crippen LogP contribution in [0.15, 0.2) is 24.3 Å². The van der Waals surface area contributed by atoms with Crippen LogP contribution in [0, 0.1) is 0 Å². The van der Waals surface area contributed by atoms with Crippen LogP contribution >= 0.6 is 0 Å². The van der Waals surface area contributed by atoms with Crippen molar-refractivity contribution in [3.05, 3.63) is 35.4 Å². The summed E-state index contributed by atoms with van der Waals surface area (Å²) < 4.78 is 0. The van der Waals surface area contributed by atoms with E-state index in [0.29, 0.717) is 6.54 Å². The molecule has 3 heteroatoms. The van der Waals surface area contributed by atoms with Crippen molar-refractivity contribution in [3.8, 4) is 0 Å². The van der Waals surface area contributed by atoms with Crippen molar-refractivity contribution in [1.82, 2.24) is 9.80 Å². The first-order valence-corrected chi connectivity index (χ1v) is 8.10. The van der Waals surface area contributed by atoms with Gasteiger partial charge in [-0.05, 0) is 56.4 Å². The fourth-order valence-electron chi connectivity index (χ4n) is 3.70. The second-order valence-corrected chi connectivity index (χ2v) is 6.21. The third-order valence-corrected chi connectivity index (χ3v) is 4.94. The van der Waals surface area contributed by atoms with Gasteiger partial charge in [-0.3, -0.25) is 4.90 Å². The van der Waals surface area contributed by atoms with Crippen molar-refractivity contribution in [2.24, 2.45) is 5.73 Å². The molecular weight excluding hydrogens is 246 g/mol. The first kappa shape index (κ1) is 14.1. The summed E-state index contributed by atoms with van der Waals surface area (Å²) in [7, 11) is 0. The summed E-state index contributed by atoms with van der Waals surface area (Å²) in [6.07, 6.45) is 5.30. The van der Waals surface area contributed by atoms with E-state index < -0.39 is 0 Å². The van der Waals surface area contributed by atoms with Gasteiger partial charge in [0.25, 0.3) is 0 Å². The zero-order chi connectivity index (χ0) is 13.8. The Bertz CT molecular complexity index is 426. The van der Waals surface area contributed by atoms with Crippen LogP contribution in [-0.2, 0) is 13.0 Å². The predicted molar refractivity (Wildman–Crippen MR) is 83.7 cm³/mol. The average Bonchev–Trinajstić information content (AvgIpc) is 3.16. The van der Waals surface area contributed by atoms with Crippen molar-refractivity contribution in [2.75, 3.05) is 32.7 Å². The van der Waals surface area contributed by atoms with Gasteiger partial charge in [0, 0.05) is 25.7 Å². The molecule has 2 fully saturated rings. The standard InChI is InChI=1S/C17H27N3/c18-13-16-6-2-1-5-15(16)7-11-19-12-8-17(14-19)20-9-3-4-10-20/h1-2,5-6,17H,3-4,7-14,18H2. The Morgan fingerprint density at radius 1 is 1.05 bits per heavy atom. The Morgan fingerprint density at radius 3 is 2.55 bits per heavy atom. The summed E-state index contributed by atoms with van der Waals surface area (Å²) in [5, 5.41) is 0. The molecule has 0 aliphatic carbocycles. The van der Waals surface area contributed by atoms with E-state index in [2.05, 4.69) is 34.1 Å². The zero-order valence-corrected chi connectivity index (χ0v) is 12.4. The molecule has 0 spiro atoms. The highest BCUT2D eigenvalue weighted by atomic mass is 15.3. The second-order valence-electron chi connectivity index (χ2n) is 6.21. The number of nitrogens with two attached hydrogens (primary N) is 1. The topological polar surface area (TPSA) is 32.5 Å². The van der Waals surface area contributed by atoms with Gasteiger partial charge in [-0.2, -0.15) is 0 Å². The second kappa shape index (κ2) is 6.70. The van der Waals surface area contributed by atoms with Crippen molar-refractivity contribution in [2.45, 2.75) is 38.3 Å². The molecule has 1 aromatic carbocycles. The Morgan fingerprint density at radius 2 is 1.80 bits per heavy atom. The minimum absolute atomic E-state index is 0.659. The fraction of sp³-hybridized carbons (Fsp3) is 0.647. The lowest BCUT2D eigenvalue weighted by atomic mass is 10.0. The minimum atomic E-state index is 0.659. The largest absolute Gasteiger partial charge is 0.326 e. The lowest BCUT2D eigenvalue weighted by molar-refractivity contribution is 0.233. The molecule has 1 unspecified atom stereocenters. The molecule has 3 nitrogen and oxygen atoms in total. The van der Waals surface area contributed by atoms with Crippen LogP contribution in [0.3, 0.4) is 0 Å². The van der Waals surface area contributed by atoms with E-state index in [1.165, 1.54) is 63.1 Å². The van der Waals surface area contributed by atoms with E-state index >= 15 is 0 Å². The molecule has 2 heterocycles. The number of hydrogen-bond donors (Lipinski definition) is 1. The highest BCUT2D eigenvalue weighted by molar-refractivity contribution is 5.27. The fourth-order valence-corrected chi connectivity index (χ4v) is 3.70. The highest BCUT2D eigenvalue weighted by Gasteiger charge is 2.28. The Kier molecular flexibility index (Phi) is 4.71. The van der Waals surface area contributed by atoms with Crippen LogP contribution in [0.1, 0.15) is 30.4 Å². The molecule has 0 radical (unpaired) electrons. The summed E-state index contributed by atoms with van der Waals surface area (Å²) in [4.78, 5) is 5.34. The van der Waals surface area contributed by atoms with Crippen LogP contribution < -0.4 is 5.73 Å². The van der Waals surface area contributed by atoms with Crippen molar-refractivity contribution in [3.63, 3.8) is 0 Å². The van der Waals surface area contributed by atoms with E-state index in [1.54, 1.807) is 0 Å². The molecule has 0 saturated carbocycles. The highest BCUT2D eigenvalue weighted by Crippen LogP contribution is 2.20. The van der Waals surface area contributed by atoms with Crippen LogP contribution in [0.5, 0.6) is 0 Å². The van der Waals surface area contributed by atoms with Gasteiger partial charge in [-0.1, -0.05) is 24.3 Å². The zero-order valence-electron chi connectivity index (χ0n) is 12.4. The Hall–Kier alpha value is -0.900.